The maximum Gasteiger partial charge on any atom is 0.161 e. The standard InChI is InChI=1S/C17H23NO2/c1-2-3-6-11-16-12(7-4-9-14(16)19)18-13-8-5-10-15(20)17(11)13/h11,18H,2-10H2,1H3. The molecule has 3 heteroatoms. The minimum atomic E-state index is 0.0850. The molecule has 0 fully saturated rings. The molecular weight excluding hydrogens is 250 g/mol. The van der Waals surface area contributed by atoms with Crippen LogP contribution in [0.1, 0.15) is 64.7 Å². The van der Waals surface area contributed by atoms with Crippen molar-refractivity contribution in [3.63, 3.8) is 0 Å². The van der Waals surface area contributed by atoms with Crippen LogP contribution in [0, 0.1) is 5.92 Å². The van der Waals surface area contributed by atoms with E-state index >= 15 is 0 Å². The van der Waals surface area contributed by atoms with Crippen LogP contribution < -0.4 is 5.32 Å². The van der Waals surface area contributed by atoms with Gasteiger partial charge in [-0.1, -0.05) is 19.8 Å². The molecule has 1 N–H and O–H groups in total. The van der Waals surface area contributed by atoms with E-state index in [0.717, 1.165) is 67.5 Å². The van der Waals surface area contributed by atoms with Crippen LogP contribution in [0.3, 0.4) is 0 Å². The Kier molecular flexibility index (Phi) is 3.77. The first-order chi connectivity index (χ1) is 9.72. The van der Waals surface area contributed by atoms with Crippen molar-refractivity contribution in [2.75, 3.05) is 0 Å². The van der Waals surface area contributed by atoms with Crippen LogP contribution >= 0.6 is 0 Å². The van der Waals surface area contributed by atoms with Crippen molar-refractivity contribution in [3.8, 4) is 0 Å². The summed E-state index contributed by atoms with van der Waals surface area (Å²) >= 11 is 0. The summed E-state index contributed by atoms with van der Waals surface area (Å²) in [5.41, 5.74) is 4.13. The maximum absolute atomic E-state index is 12.4. The molecule has 3 aliphatic rings. The summed E-state index contributed by atoms with van der Waals surface area (Å²) in [4.78, 5) is 24.7. The highest BCUT2D eigenvalue weighted by Crippen LogP contribution is 2.41. The van der Waals surface area contributed by atoms with Gasteiger partial charge in [0.15, 0.2) is 11.6 Å². The summed E-state index contributed by atoms with van der Waals surface area (Å²) in [5.74, 6) is 0.622. The highest BCUT2D eigenvalue weighted by molar-refractivity contribution is 6.04. The molecule has 0 spiro atoms. The third-order valence-electron chi connectivity index (χ3n) is 4.76. The number of nitrogens with one attached hydrogen (secondary N) is 1. The third-order valence-corrected chi connectivity index (χ3v) is 4.76. The Bertz CT molecular complexity index is 471. The van der Waals surface area contributed by atoms with Crippen LogP contribution in [0.15, 0.2) is 22.5 Å². The Morgan fingerprint density at radius 2 is 1.50 bits per heavy atom. The molecule has 0 bridgehead atoms. The second kappa shape index (κ2) is 5.55. The molecule has 0 aromatic rings. The number of rotatable bonds is 3. The summed E-state index contributed by atoms with van der Waals surface area (Å²) in [6, 6.07) is 0. The quantitative estimate of drug-likeness (QED) is 0.857. The van der Waals surface area contributed by atoms with E-state index in [1.165, 1.54) is 0 Å². The van der Waals surface area contributed by atoms with E-state index in [9.17, 15) is 9.59 Å². The lowest BCUT2D eigenvalue weighted by molar-refractivity contribution is -0.117. The molecule has 0 unspecified atom stereocenters. The van der Waals surface area contributed by atoms with Gasteiger partial charge in [0, 0.05) is 41.3 Å². The van der Waals surface area contributed by atoms with Crippen LogP contribution in [-0.4, -0.2) is 11.6 Å². The topological polar surface area (TPSA) is 46.2 Å². The second-order valence-electron chi connectivity index (χ2n) is 6.16. The number of hydrogen-bond acceptors (Lipinski definition) is 3. The number of carbonyl (C=O) groups excluding carboxylic acids is 2. The normalized spacial score (nSPS) is 23.6. The van der Waals surface area contributed by atoms with Gasteiger partial charge in [-0.3, -0.25) is 9.59 Å². The molecular formula is C17H23NO2. The van der Waals surface area contributed by atoms with E-state index in [1.807, 2.05) is 0 Å². The first-order valence-corrected chi connectivity index (χ1v) is 8.02. The third kappa shape index (κ3) is 2.23. The Morgan fingerprint density at radius 3 is 2.00 bits per heavy atom. The second-order valence-corrected chi connectivity index (χ2v) is 6.16. The van der Waals surface area contributed by atoms with Gasteiger partial charge in [-0.25, -0.2) is 0 Å². The van der Waals surface area contributed by atoms with Gasteiger partial charge in [0.2, 0.25) is 0 Å². The zero-order valence-corrected chi connectivity index (χ0v) is 12.3. The van der Waals surface area contributed by atoms with Crippen LogP contribution in [0.2, 0.25) is 0 Å². The molecule has 3 nitrogen and oxygen atoms in total. The minimum absolute atomic E-state index is 0.0850. The smallest absolute Gasteiger partial charge is 0.161 e. The molecule has 108 valence electrons. The van der Waals surface area contributed by atoms with Gasteiger partial charge in [0.05, 0.1) is 0 Å². The molecule has 20 heavy (non-hydrogen) atoms. The number of ketones is 2. The fourth-order valence-corrected chi connectivity index (χ4v) is 3.82. The molecule has 2 aliphatic carbocycles. The maximum atomic E-state index is 12.4. The summed E-state index contributed by atoms with van der Waals surface area (Å²) in [6.45, 7) is 2.16. The van der Waals surface area contributed by atoms with Crippen molar-refractivity contribution >= 4 is 11.6 Å². The lowest BCUT2D eigenvalue weighted by Gasteiger charge is -2.37. The van der Waals surface area contributed by atoms with Gasteiger partial charge >= 0.3 is 0 Å². The monoisotopic (exact) mass is 273 g/mol. The molecule has 0 radical (unpaired) electrons. The molecule has 3 rings (SSSR count). The molecule has 1 heterocycles. The Labute approximate surface area is 120 Å². The lowest BCUT2D eigenvalue weighted by Crippen LogP contribution is -2.37. The highest BCUT2D eigenvalue weighted by Gasteiger charge is 2.38. The van der Waals surface area contributed by atoms with E-state index in [2.05, 4.69) is 12.2 Å². The summed E-state index contributed by atoms with van der Waals surface area (Å²) in [7, 11) is 0. The SMILES string of the molecule is CCCCC1C2=C(CCCC2=O)NC2=C1C(=O)CCC2. The minimum Gasteiger partial charge on any atom is -0.362 e. The molecule has 0 saturated heterocycles. The predicted octanol–water partition coefficient (Wildman–Crippen LogP) is 3.41. The molecule has 0 atom stereocenters. The fraction of sp³-hybridized carbons (Fsp3) is 0.647. The Balaban J connectivity index is 2.00. The molecule has 0 amide bonds. The average Bonchev–Trinajstić information content (AvgIpc) is 2.44. The Morgan fingerprint density at radius 1 is 0.950 bits per heavy atom. The van der Waals surface area contributed by atoms with E-state index in [0.29, 0.717) is 12.8 Å². The Hall–Kier alpha value is -1.38. The van der Waals surface area contributed by atoms with E-state index in [1.54, 1.807) is 0 Å². The number of allylic oxidation sites excluding steroid dienone is 4. The van der Waals surface area contributed by atoms with Crippen LogP contribution in [0.4, 0.5) is 0 Å². The number of carbonyl (C=O) groups is 2. The van der Waals surface area contributed by atoms with Gasteiger partial charge in [-0.15, -0.1) is 0 Å². The van der Waals surface area contributed by atoms with E-state index in [4.69, 9.17) is 0 Å². The van der Waals surface area contributed by atoms with Crippen LogP contribution in [0.25, 0.3) is 0 Å². The van der Waals surface area contributed by atoms with Crippen LogP contribution in [0.5, 0.6) is 0 Å². The fourth-order valence-electron chi connectivity index (χ4n) is 3.82. The summed E-state index contributed by atoms with van der Waals surface area (Å²) in [5, 5.41) is 3.44. The first-order valence-electron chi connectivity index (χ1n) is 8.02. The van der Waals surface area contributed by atoms with Gasteiger partial charge in [0.1, 0.15) is 0 Å². The average molecular weight is 273 g/mol. The number of Topliss-reactive ketones (excluding diaryl/α,β-unsaturated/α-hetero) is 2. The zero-order chi connectivity index (χ0) is 14.1. The summed E-state index contributed by atoms with van der Waals surface area (Å²) in [6.07, 6.45) is 8.27. The highest BCUT2D eigenvalue weighted by atomic mass is 16.1. The van der Waals surface area contributed by atoms with Crippen molar-refractivity contribution in [1.29, 1.82) is 0 Å². The number of unbranched alkanes of at least 4 members (excludes halogenated alkanes) is 1. The molecule has 1 aliphatic heterocycles. The van der Waals surface area contributed by atoms with Gasteiger partial charge in [-0.05, 0) is 32.1 Å². The van der Waals surface area contributed by atoms with E-state index < -0.39 is 0 Å². The number of hydrogen-bond donors (Lipinski definition) is 1. The zero-order valence-electron chi connectivity index (χ0n) is 12.3. The van der Waals surface area contributed by atoms with E-state index in [-0.39, 0.29) is 17.5 Å². The van der Waals surface area contributed by atoms with Crippen LogP contribution in [-0.2, 0) is 9.59 Å². The predicted molar refractivity (Wildman–Crippen MR) is 77.9 cm³/mol. The van der Waals surface area contributed by atoms with Gasteiger partial charge in [0.25, 0.3) is 0 Å². The van der Waals surface area contributed by atoms with Gasteiger partial charge in [-0.2, -0.15) is 0 Å². The molecule has 0 aromatic carbocycles. The van der Waals surface area contributed by atoms with Crippen molar-refractivity contribution in [2.24, 2.45) is 5.92 Å². The van der Waals surface area contributed by atoms with Crippen molar-refractivity contribution in [2.45, 2.75) is 64.7 Å². The van der Waals surface area contributed by atoms with Crippen molar-refractivity contribution < 1.29 is 9.59 Å². The summed E-state index contributed by atoms with van der Waals surface area (Å²) < 4.78 is 0. The lowest BCUT2D eigenvalue weighted by atomic mass is 9.72. The molecule has 0 aromatic heterocycles. The first kappa shape index (κ1) is 13.6. The van der Waals surface area contributed by atoms with Gasteiger partial charge < -0.3 is 5.32 Å². The van der Waals surface area contributed by atoms with Crippen molar-refractivity contribution in [3.05, 3.63) is 22.5 Å². The largest absolute Gasteiger partial charge is 0.362 e. The van der Waals surface area contributed by atoms with Crippen molar-refractivity contribution in [1.82, 2.24) is 5.32 Å². The number of dihydropyridines is 1. The molecule has 0 saturated carbocycles.